The second-order valence-electron chi connectivity index (χ2n) is 5.86. The Morgan fingerprint density at radius 2 is 1.88 bits per heavy atom. The van der Waals surface area contributed by atoms with E-state index in [1.165, 1.54) is 49.3 Å². The van der Waals surface area contributed by atoms with Crippen LogP contribution in [0.1, 0.15) is 38.5 Å². The van der Waals surface area contributed by atoms with Crippen molar-refractivity contribution in [2.24, 2.45) is 0 Å². The SMILES string of the molecule is Cl.O=C(Cn1cc(Br)c(=O)[nH]c1=O)NCCNC1CCCCCC1. The molecule has 2 rings (SSSR count). The first kappa shape index (κ1) is 20.9. The summed E-state index contributed by atoms with van der Waals surface area (Å²) in [6.07, 6.45) is 8.91. The van der Waals surface area contributed by atoms with Crippen LogP contribution in [-0.2, 0) is 11.3 Å². The molecule has 0 aliphatic heterocycles. The van der Waals surface area contributed by atoms with Crippen LogP contribution in [0.25, 0.3) is 0 Å². The Kier molecular flexibility index (Phi) is 9.31. The van der Waals surface area contributed by atoms with Crippen LogP contribution < -0.4 is 21.9 Å². The third-order valence-corrected chi connectivity index (χ3v) is 4.58. The molecule has 0 atom stereocenters. The quantitative estimate of drug-likeness (QED) is 0.472. The minimum absolute atomic E-state index is 0. The lowest BCUT2D eigenvalue weighted by molar-refractivity contribution is -0.121. The van der Waals surface area contributed by atoms with Crippen molar-refractivity contribution >= 4 is 34.2 Å². The van der Waals surface area contributed by atoms with Gasteiger partial charge in [0.05, 0.1) is 4.47 Å². The number of hydrogen-bond acceptors (Lipinski definition) is 4. The van der Waals surface area contributed by atoms with E-state index in [9.17, 15) is 14.4 Å². The second-order valence-corrected chi connectivity index (χ2v) is 6.71. The average Bonchev–Trinajstić information content (AvgIpc) is 2.78. The van der Waals surface area contributed by atoms with Gasteiger partial charge >= 0.3 is 5.69 Å². The van der Waals surface area contributed by atoms with Crippen LogP contribution in [0.15, 0.2) is 20.3 Å². The summed E-state index contributed by atoms with van der Waals surface area (Å²) in [5, 5.41) is 6.25. The highest BCUT2D eigenvalue weighted by atomic mass is 79.9. The van der Waals surface area contributed by atoms with Gasteiger partial charge in [0.25, 0.3) is 5.56 Å². The molecule has 1 saturated carbocycles. The Morgan fingerprint density at radius 3 is 2.54 bits per heavy atom. The van der Waals surface area contributed by atoms with E-state index in [0.29, 0.717) is 12.6 Å². The number of aromatic amines is 1. The van der Waals surface area contributed by atoms with Crippen molar-refractivity contribution in [3.8, 4) is 0 Å². The Morgan fingerprint density at radius 1 is 1.21 bits per heavy atom. The molecule has 1 amide bonds. The summed E-state index contributed by atoms with van der Waals surface area (Å²) < 4.78 is 1.39. The van der Waals surface area contributed by atoms with Crippen LogP contribution >= 0.6 is 28.3 Å². The lowest BCUT2D eigenvalue weighted by atomic mass is 10.1. The van der Waals surface area contributed by atoms with Crippen LogP contribution in [-0.4, -0.2) is 34.6 Å². The molecule has 24 heavy (non-hydrogen) atoms. The van der Waals surface area contributed by atoms with Gasteiger partial charge in [0.15, 0.2) is 0 Å². The molecule has 1 aliphatic carbocycles. The molecule has 0 radical (unpaired) electrons. The second kappa shape index (κ2) is 10.7. The number of aromatic nitrogens is 2. The maximum Gasteiger partial charge on any atom is 0.328 e. The van der Waals surface area contributed by atoms with Crippen LogP contribution in [0.3, 0.4) is 0 Å². The average molecular weight is 424 g/mol. The third kappa shape index (κ3) is 6.78. The summed E-state index contributed by atoms with van der Waals surface area (Å²) in [5.74, 6) is -0.256. The van der Waals surface area contributed by atoms with E-state index < -0.39 is 11.2 Å². The van der Waals surface area contributed by atoms with E-state index in [0.717, 1.165) is 6.54 Å². The normalized spacial score (nSPS) is 15.4. The number of amides is 1. The molecule has 1 aromatic heterocycles. The fourth-order valence-electron chi connectivity index (χ4n) is 2.77. The van der Waals surface area contributed by atoms with E-state index in [-0.39, 0.29) is 29.3 Å². The van der Waals surface area contributed by atoms with Crippen molar-refractivity contribution in [3.63, 3.8) is 0 Å². The van der Waals surface area contributed by atoms with Gasteiger partial charge in [0.2, 0.25) is 5.91 Å². The monoisotopic (exact) mass is 422 g/mol. The Hall–Kier alpha value is -1.12. The van der Waals surface area contributed by atoms with Crippen LogP contribution in [0.2, 0.25) is 0 Å². The van der Waals surface area contributed by atoms with Gasteiger partial charge in [-0.15, -0.1) is 12.4 Å². The molecular formula is C15H24BrClN4O3. The van der Waals surface area contributed by atoms with Crippen molar-refractivity contribution in [1.82, 2.24) is 20.2 Å². The summed E-state index contributed by atoms with van der Waals surface area (Å²) in [7, 11) is 0. The van der Waals surface area contributed by atoms with Crippen molar-refractivity contribution in [1.29, 1.82) is 0 Å². The first-order valence-corrected chi connectivity index (χ1v) is 8.85. The predicted molar refractivity (Wildman–Crippen MR) is 98.8 cm³/mol. The molecule has 0 bridgehead atoms. The fourth-order valence-corrected chi connectivity index (χ4v) is 3.12. The van der Waals surface area contributed by atoms with Crippen molar-refractivity contribution in [2.75, 3.05) is 13.1 Å². The zero-order valence-electron chi connectivity index (χ0n) is 13.5. The molecule has 0 aromatic carbocycles. The molecule has 0 unspecified atom stereocenters. The number of H-pyrrole nitrogens is 1. The highest BCUT2D eigenvalue weighted by molar-refractivity contribution is 9.10. The molecule has 9 heteroatoms. The third-order valence-electron chi connectivity index (χ3n) is 4.02. The summed E-state index contributed by atoms with van der Waals surface area (Å²) in [6, 6.07) is 0.548. The predicted octanol–water partition coefficient (Wildman–Crippen LogP) is 1.15. The van der Waals surface area contributed by atoms with Crippen molar-refractivity contribution < 1.29 is 4.79 Å². The van der Waals surface area contributed by atoms with Crippen LogP contribution in [0.5, 0.6) is 0 Å². The van der Waals surface area contributed by atoms with Crippen LogP contribution in [0.4, 0.5) is 0 Å². The molecule has 7 nitrogen and oxygen atoms in total. The standard InChI is InChI=1S/C15H23BrN4O3.ClH/c16-12-9-20(15(23)19-14(12)22)10-13(21)18-8-7-17-11-5-3-1-2-4-6-11;/h9,11,17H,1-8,10H2,(H,18,21)(H,19,22,23);1H. The van der Waals surface area contributed by atoms with Gasteiger partial charge in [-0.05, 0) is 28.8 Å². The van der Waals surface area contributed by atoms with Gasteiger partial charge in [-0.1, -0.05) is 25.7 Å². The Balaban J connectivity index is 0.00000288. The van der Waals surface area contributed by atoms with Crippen LogP contribution in [0, 0.1) is 0 Å². The largest absolute Gasteiger partial charge is 0.353 e. The highest BCUT2D eigenvalue weighted by Crippen LogP contribution is 2.16. The van der Waals surface area contributed by atoms with Gasteiger partial charge in [-0.3, -0.25) is 19.1 Å². The molecule has 1 fully saturated rings. The molecule has 136 valence electrons. The topological polar surface area (TPSA) is 96.0 Å². The zero-order valence-corrected chi connectivity index (χ0v) is 15.9. The van der Waals surface area contributed by atoms with Gasteiger partial charge < -0.3 is 10.6 Å². The summed E-state index contributed by atoms with van der Waals surface area (Å²) >= 11 is 3.04. The number of carbonyl (C=O) groups is 1. The van der Waals surface area contributed by atoms with E-state index in [1.54, 1.807) is 0 Å². The lowest BCUT2D eigenvalue weighted by Gasteiger charge is -2.16. The molecular weight excluding hydrogens is 400 g/mol. The first-order valence-electron chi connectivity index (χ1n) is 8.05. The smallest absolute Gasteiger partial charge is 0.328 e. The molecule has 1 aromatic rings. The summed E-state index contributed by atoms with van der Waals surface area (Å²) in [4.78, 5) is 36.8. The highest BCUT2D eigenvalue weighted by Gasteiger charge is 2.11. The molecule has 0 spiro atoms. The van der Waals surface area contributed by atoms with E-state index in [4.69, 9.17) is 0 Å². The Bertz CT molecular complexity index is 638. The van der Waals surface area contributed by atoms with Gasteiger partial charge in [0.1, 0.15) is 6.54 Å². The number of nitrogens with one attached hydrogen (secondary N) is 3. The molecule has 1 aliphatic rings. The summed E-state index contributed by atoms with van der Waals surface area (Å²) in [6.45, 7) is 1.13. The summed E-state index contributed by atoms with van der Waals surface area (Å²) in [5.41, 5.74) is -1.09. The number of carbonyl (C=O) groups excluding carboxylic acids is 1. The minimum atomic E-state index is -0.593. The minimum Gasteiger partial charge on any atom is -0.353 e. The van der Waals surface area contributed by atoms with E-state index >= 15 is 0 Å². The van der Waals surface area contributed by atoms with Crippen molar-refractivity contribution in [3.05, 3.63) is 31.5 Å². The first-order chi connectivity index (χ1) is 11.1. The van der Waals surface area contributed by atoms with Gasteiger partial charge in [-0.25, -0.2) is 4.79 Å². The zero-order chi connectivity index (χ0) is 16.7. The van der Waals surface area contributed by atoms with Gasteiger partial charge in [0, 0.05) is 25.3 Å². The van der Waals surface area contributed by atoms with Crippen molar-refractivity contribution in [2.45, 2.75) is 51.1 Å². The number of nitrogens with zero attached hydrogens (tertiary/aromatic N) is 1. The number of hydrogen-bond donors (Lipinski definition) is 3. The number of halogens is 2. The van der Waals surface area contributed by atoms with Gasteiger partial charge in [-0.2, -0.15) is 0 Å². The maximum absolute atomic E-state index is 11.9. The van der Waals surface area contributed by atoms with E-state index in [2.05, 4.69) is 31.5 Å². The lowest BCUT2D eigenvalue weighted by Crippen LogP contribution is -2.40. The van der Waals surface area contributed by atoms with E-state index in [1.807, 2.05) is 0 Å². The molecule has 0 saturated heterocycles. The molecule has 3 N–H and O–H groups in total. The number of rotatable bonds is 6. The molecule has 1 heterocycles. The fraction of sp³-hybridized carbons (Fsp3) is 0.667. The Labute approximate surface area is 155 Å². The maximum atomic E-state index is 11.9.